The van der Waals surface area contributed by atoms with Crippen molar-refractivity contribution in [2.45, 2.75) is 311 Å². The van der Waals surface area contributed by atoms with E-state index in [1.165, 1.54) is 54.6 Å². The summed E-state index contributed by atoms with van der Waals surface area (Å²) < 4.78 is 125. The molecule has 1 aliphatic carbocycles. The second-order valence-corrected chi connectivity index (χ2v) is 54.3. The number of ether oxygens (including phenoxy) is 2. The van der Waals surface area contributed by atoms with Gasteiger partial charge in [-0.25, -0.2) is 67.2 Å². The highest BCUT2D eigenvalue weighted by Crippen LogP contribution is 2.46. The number of unbranched alkanes of at least 4 members (excludes halogenated alkanes) is 1. The molecule has 4 aliphatic heterocycles. The van der Waals surface area contributed by atoms with Crippen molar-refractivity contribution >= 4 is 117 Å². The number of sulfonamides is 4. The van der Waals surface area contributed by atoms with E-state index in [1.54, 1.807) is 42.6 Å². The highest BCUT2D eigenvalue weighted by Gasteiger charge is 2.46. The third-order valence-corrected chi connectivity index (χ3v) is 32.1. The van der Waals surface area contributed by atoms with E-state index >= 15 is 0 Å². The van der Waals surface area contributed by atoms with E-state index in [2.05, 4.69) is 251 Å². The van der Waals surface area contributed by atoms with Crippen molar-refractivity contribution in [3.63, 3.8) is 0 Å². The maximum atomic E-state index is 13.7. The molecule has 1 saturated carbocycles. The smallest absolute Gasteiger partial charge is 0.281 e. The molecule has 5 fully saturated rings. The molecule has 0 bridgehead atoms. The summed E-state index contributed by atoms with van der Waals surface area (Å²) in [5.41, 5.74) is 29.4. The molecule has 0 radical (unpaired) electrons. The number of amides is 4. The molecule has 38 heteroatoms. The number of nitrogens with two attached hydrogens (primary N) is 4. The van der Waals surface area contributed by atoms with Crippen LogP contribution in [0.15, 0.2) is 155 Å². The normalized spacial score (nSPS) is 19.2. The summed E-state index contributed by atoms with van der Waals surface area (Å²) in [6.07, 6.45) is 17.7. The highest BCUT2D eigenvalue weighted by atomic mass is 32.2. The summed E-state index contributed by atoms with van der Waals surface area (Å²) in [5.74, 6) is 2.66. The quantitative estimate of drug-likeness (QED) is 0.0226. The number of benzene rings is 1. The van der Waals surface area contributed by atoms with E-state index in [9.17, 15) is 52.8 Å². The van der Waals surface area contributed by atoms with Crippen molar-refractivity contribution in [1.82, 2.24) is 58.8 Å². The minimum Gasteiger partial charge on any atom is -0.493 e. The molecular weight excluding hydrogens is 1980 g/mol. The van der Waals surface area contributed by atoms with Gasteiger partial charge >= 0.3 is 0 Å². The molecule has 814 valence electrons. The minimum absolute atomic E-state index is 0.0360. The van der Waals surface area contributed by atoms with E-state index in [-0.39, 0.29) is 99.2 Å². The Hall–Kier alpha value is -12.3. The van der Waals surface area contributed by atoms with Gasteiger partial charge in [-0.1, -0.05) is 180 Å². The number of carbonyl (C=O) groups excluding carboxylic acids is 4. The summed E-state index contributed by atoms with van der Waals surface area (Å²) >= 11 is 0. The molecule has 4 amide bonds. The van der Waals surface area contributed by atoms with Gasteiger partial charge in [0, 0.05) is 88.6 Å². The van der Waals surface area contributed by atoms with Gasteiger partial charge < -0.3 is 52.0 Å². The van der Waals surface area contributed by atoms with Gasteiger partial charge in [0.25, 0.3) is 53.7 Å². The third-order valence-electron chi connectivity index (χ3n) is 26.7. The van der Waals surface area contributed by atoms with Crippen molar-refractivity contribution in [3.05, 3.63) is 190 Å². The van der Waals surface area contributed by atoms with Crippen LogP contribution in [0.1, 0.15) is 314 Å². The molecule has 8 aromatic heterocycles. The molecule has 34 nitrogen and oxygen atoms in total. The first-order valence-electron chi connectivity index (χ1n) is 51.7. The number of allylic oxidation sites excluding steroid dienone is 2. The number of carbonyl (C=O) groups is 4. The Morgan fingerprint density at radius 2 is 0.840 bits per heavy atom. The van der Waals surface area contributed by atoms with Crippen LogP contribution in [0.25, 0.3) is 34.7 Å². The fourth-order valence-electron chi connectivity index (χ4n) is 20.1. The molecule has 9 aromatic rings. The Morgan fingerprint density at radius 3 is 1.21 bits per heavy atom. The van der Waals surface area contributed by atoms with Crippen molar-refractivity contribution in [1.29, 1.82) is 0 Å². The third kappa shape index (κ3) is 30.4. The summed E-state index contributed by atoms with van der Waals surface area (Å²) in [6, 6.07) is 32.5. The van der Waals surface area contributed by atoms with Crippen LogP contribution < -0.4 is 70.9 Å². The van der Waals surface area contributed by atoms with Crippen molar-refractivity contribution < 1.29 is 62.3 Å². The number of rotatable bonds is 28. The predicted molar refractivity (Wildman–Crippen MR) is 598 cm³/mol. The van der Waals surface area contributed by atoms with Crippen LogP contribution in [0.3, 0.4) is 0 Å². The molecule has 1 aromatic carbocycles. The van der Waals surface area contributed by atoms with Gasteiger partial charge in [-0.2, -0.15) is 25.3 Å². The number of nitrogens with one attached hydrogen (secondary N) is 4. The monoisotopic (exact) mass is 2140 g/mol. The molecule has 6 atom stereocenters. The summed E-state index contributed by atoms with van der Waals surface area (Å²) in [4.78, 5) is 98.6. The lowest BCUT2D eigenvalue weighted by atomic mass is 9.86. The first-order chi connectivity index (χ1) is 69.6. The predicted octanol–water partition coefficient (Wildman–Crippen LogP) is 19.0. The number of aromatic nitrogens is 8. The van der Waals surface area contributed by atoms with Gasteiger partial charge in [-0.3, -0.25) is 19.2 Å². The molecule has 12 heterocycles. The minimum atomic E-state index is -4.25. The molecule has 5 aliphatic rings. The Kier molecular flexibility index (Phi) is 36.9. The van der Waals surface area contributed by atoms with E-state index in [0.29, 0.717) is 115 Å². The first kappa shape index (κ1) is 118. The lowest BCUT2D eigenvalue weighted by Gasteiger charge is -2.35. The van der Waals surface area contributed by atoms with Crippen LogP contribution in [0, 0.1) is 47.8 Å². The Balaban J connectivity index is 0.000000190. The standard InChI is InChI=1S/C30H44N4O4S.C28H41N5O3S.C27H34N6O4S.C27H39N5O3S/c1-19(2)18-38-24-13-20(3)12-22(14-24)27-11-10-26(28(32-27)34-17-21(4)16-30(34,5)6)29(35)33-39(36,37)25-9-7-8-23(31)15-25;1-18-16-28(8,9)33(17-18)24-20(25(34)32-37(35,36)22-12-10-11-21(29)30-22)15-19(13-14-26(2,3)4)23(31-24)27(5,6)7;1-17(2)16-37-23-13-19(11-12-29-23)21-10-9-20(25(30-21)33-15-18(3)14-27(33,4)5)26(34)32-38(35,36)24-8-6-7-22(28)31-24;1-8-9-10-12-19-15-20(25(33)31-36(34,35)22-14-11-13-21(28)29-22)24(30-23(19)26(3,4)5)32-17-18(2)16-27(32,6)7/h10-14,19,21,23,25H,7-9,15-18,31H2,1-6H3,(H,33,35);10-15,18H,16-17H2,1-9H3,(H2,29,30)(H,32,34);6-13,17-18H,14-16H2,1-5H3,(H2,28,31)(H,32,34);10-15,18H,8-9,16-17H2,1-7H3,(H2,28,29)(H,31,33)/b;14-13+;;12-10+/t21-,23+,25?;3*18-/m0000/s1. The molecule has 12 N–H and O–H groups in total. The van der Waals surface area contributed by atoms with Gasteiger partial charge in [0.05, 0.1) is 63.5 Å². The highest BCUT2D eigenvalue weighted by molar-refractivity contribution is 7.91. The van der Waals surface area contributed by atoms with E-state index < -0.39 is 69.0 Å². The van der Waals surface area contributed by atoms with E-state index in [1.807, 2.05) is 49.4 Å². The zero-order valence-electron chi connectivity index (χ0n) is 92.4. The lowest BCUT2D eigenvalue weighted by molar-refractivity contribution is 0.0971. The van der Waals surface area contributed by atoms with E-state index in [4.69, 9.17) is 52.3 Å². The van der Waals surface area contributed by atoms with Crippen LogP contribution in [-0.4, -0.2) is 170 Å². The second-order valence-electron chi connectivity index (χ2n) is 47.4. The van der Waals surface area contributed by atoms with Crippen LogP contribution in [0.2, 0.25) is 0 Å². The number of nitrogen functional groups attached to an aromatic ring is 3. The number of hydrogen-bond acceptors (Lipinski definition) is 30. The van der Waals surface area contributed by atoms with E-state index in [0.717, 1.165) is 109 Å². The Labute approximate surface area is 889 Å². The molecule has 4 saturated heterocycles. The second kappa shape index (κ2) is 46.9. The van der Waals surface area contributed by atoms with Crippen molar-refractivity contribution in [2.24, 2.45) is 46.7 Å². The van der Waals surface area contributed by atoms with Crippen molar-refractivity contribution in [3.8, 4) is 34.1 Å². The summed E-state index contributed by atoms with van der Waals surface area (Å²) in [7, 11) is -16.6. The fourth-order valence-corrected chi connectivity index (χ4v) is 24.4. The van der Waals surface area contributed by atoms with Gasteiger partial charge in [-0.05, 0) is 268 Å². The Bertz CT molecular complexity index is 6970. The molecule has 150 heavy (non-hydrogen) atoms. The molecular formula is C112H158N20O14S4. The van der Waals surface area contributed by atoms with Crippen LogP contribution in [-0.2, 0) is 50.9 Å². The Morgan fingerprint density at radius 1 is 0.460 bits per heavy atom. The van der Waals surface area contributed by atoms with Gasteiger partial charge in [0.15, 0.2) is 15.1 Å². The number of hydrogen-bond donors (Lipinski definition) is 8. The SMILES string of the molecule is CC(C)COc1cc(-c2ccc(C(=O)NS(=O)(=O)c3cccc(N)n3)c(N3C[C@@H](C)CC3(C)C)n2)ccn1.CCC/C=C/c1cc(C(=O)NS(=O)(=O)c2cccc(N)n2)c(N2C[C@@H](C)CC2(C)C)nc1C(C)(C)C.C[C@@H]1CN(c2nc(C(C)(C)C)c(/C=C/C(C)(C)C)cc2C(=O)NS(=O)(=O)c2cccc(N)n2)C(C)(C)C1.Cc1cc(OCC(C)C)cc(-c2ccc(C(=O)NS(=O)(=O)C3CCC[C@@H](N)C3)c(N3C[C@@H](C)CC3(C)C)n2)c1. The zero-order valence-corrected chi connectivity index (χ0v) is 95.7. The molecule has 1 unspecified atom stereocenters. The fraction of sp³-hybridized carbons (Fsp3) is 0.518. The number of nitrogens with zero attached hydrogens (tertiary/aromatic N) is 12. The van der Waals surface area contributed by atoms with Crippen molar-refractivity contribution in [2.75, 3.05) is 76.2 Å². The van der Waals surface area contributed by atoms with Crippen LogP contribution in [0.4, 0.5) is 40.7 Å². The maximum Gasteiger partial charge on any atom is 0.281 e. The first-order valence-corrected chi connectivity index (χ1v) is 57.7. The number of pyridine rings is 8. The maximum absolute atomic E-state index is 13.7. The van der Waals surface area contributed by atoms with Gasteiger partial charge in [0.2, 0.25) is 15.9 Å². The molecule has 0 spiro atoms. The van der Waals surface area contributed by atoms with Gasteiger partial charge in [-0.15, -0.1) is 0 Å². The average Bonchev–Trinajstić information content (AvgIpc) is 1.50. The number of aryl methyl sites for hydroxylation is 1. The lowest BCUT2D eigenvalue weighted by Crippen LogP contribution is -2.44. The van der Waals surface area contributed by atoms with Crippen LogP contribution >= 0.6 is 0 Å². The molecule has 14 rings (SSSR count). The van der Waals surface area contributed by atoms with Gasteiger partial charge in [0.1, 0.15) is 46.5 Å². The summed E-state index contributed by atoms with van der Waals surface area (Å²) in [5, 5.41) is -1.63. The zero-order chi connectivity index (χ0) is 111. The number of anilines is 7. The summed E-state index contributed by atoms with van der Waals surface area (Å²) in [6.45, 7) is 60.8. The average molecular weight is 2140 g/mol. The topological polar surface area (TPSA) is 492 Å². The largest absolute Gasteiger partial charge is 0.493 e. The van der Waals surface area contributed by atoms with Crippen LogP contribution in [0.5, 0.6) is 11.6 Å².